The molecule has 1 aromatic heterocycles. The highest BCUT2D eigenvalue weighted by Crippen LogP contribution is 2.50. The summed E-state index contributed by atoms with van der Waals surface area (Å²) in [6.45, 7) is 22.0. The number of fused-ring (bicyclic) bond motifs is 1. The molecule has 0 unspecified atom stereocenters. The molecule has 1 aliphatic heterocycles. The minimum atomic E-state index is -1.99. The average molecular weight is 446 g/mol. The maximum atomic E-state index is 10.5. The van der Waals surface area contributed by atoms with Gasteiger partial charge in [0.25, 0.3) is 0 Å². The first-order valence-corrected chi connectivity index (χ1v) is 14.8. The van der Waals surface area contributed by atoms with E-state index < -0.39 is 8.32 Å². The van der Waals surface area contributed by atoms with Crippen LogP contribution in [0.25, 0.3) is 5.57 Å². The van der Waals surface area contributed by atoms with E-state index in [-0.39, 0.29) is 29.1 Å². The van der Waals surface area contributed by atoms with Gasteiger partial charge >= 0.3 is 0 Å². The smallest absolute Gasteiger partial charge is 0.192 e. The van der Waals surface area contributed by atoms with Crippen molar-refractivity contribution in [3.05, 3.63) is 34.2 Å². The molecule has 1 atom stereocenters. The van der Waals surface area contributed by atoms with Crippen molar-refractivity contribution in [1.82, 2.24) is 4.98 Å². The second kappa shape index (κ2) is 8.73. The predicted molar refractivity (Wildman–Crippen MR) is 131 cm³/mol. The number of rotatable bonds is 5. The van der Waals surface area contributed by atoms with E-state index in [0.717, 1.165) is 37.1 Å². The standard InChI is InChI=1S/C26H43NO3Si/c1-17(2)24-19(16-28)22(18-10-12-29-13-11-18)23-20(27-24)14-26(6,7)15-21(23)30-31(8,9)25(3,4)5/h10,17,21,28H,11-16H2,1-9H3/t21-/m0/s1. The molecule has 174 valence electrons. The van der Waals surface area contributed by atoms with Crippen molar-refractivity contribution in [3.8, 4) is 0 Å². The Bertz CT molecular complexity index is 849. The van der Waals surface area contributed by atoms with Gasteiger partial charge in [-0.15, -0.1) is 0 Å². The zero-order valence-corrected chi connectivity index (χ0v) is 22.2. The van der Waals surface area contributed by atoms with Crippen LogP contribution in [-0.2, 0) is 22.2 Å². The lowest BCUT2D eigenvalue weighted by Crippen LogP contribution is -2.44. The zero-order valence-electron chi connectivity index (χ0n) is 21.2. The Balaban J connectivity index is 2.28. The second-order valence-electron chi connectivity index (χ2n) is 12.0. The van der Waals surface area contributed by atoms with E-state index >= 15 is 0 Å². The molecule has 0 saturated carbocycles. The summed E-state index contributed by atoms with van der Waals surface area (Å²) in [6, 6.07) is 0. The van der Waals surface area contributed by atoms with Crippen LogP contribution in [0.5, 0.6) is 0 Å². The first kappa shape index (κ1) is 24.6. The lowest BCUT2D eigenvalue weighted by Gasteiger charge is -2.45. The van der Waals surface area contributed by atoms with Gasteiger partial charge in [-0.1, -0.05) is 54.5 Å². The van der Waals surface area contributed by atoms with Gasteiger partial charge in [0.2, 0.25) is 0 Å². The van der Waals surface area contributed by atoms with Crippen molar-refractivity contribution in [2.75, 3.05) is 13.2 Å². The van der Waals surface area contributed by atoms with Crippen LogP contribution < -0.4 is 0 Å². The molecule has 0 amide bonds. The molecule has 2 heterocycles. The Morgan fingerprint density at radius 2 is 1.97 bits per heavy atom. The molecule has 31 heavy (non-hydrogen) atoms. The summed E-state index contributed by atoms with van der Waals surface area (Å²) in [4.78, 5) is 5.19. The Morgan fingerprint density at radius 1 is 1.29 bits per heavy atom. The summed E-state index contributed by atoms with van der Waals surface area (Å²) in [6.07, 6.45) is 5.01. The fourth-order valence-electron chi connectivity index (χ4n) is 4.71. The third kappa shape index (κ3) is 5.00. The highest BCUT2D eigenvalue weighted by molar-refractivity contribution is 6.74. The van der Waals surface area contributed by atoms with Crippen LogP contribution in [0.2, 0.25) is 18.1 Å². The first-order valence-electron chi connectivity index (χ1n) is 11.9. The summed E-state index contributed by atoms with van der Waals surface area (Å²) in [7, 11) is -1.99. The van der Waals surface area contributed by atoms with Gasteiger partial charge in [-0.05, 0) is 59.9 Å². The third-order valence-corrected chi connectivity index (χ3v) is 11.9. The summed E-state index contributed by atoms with van der Waals surface area (Å²) < 4.78 is 12.7. The lowest BCUT2D eigenvalue weighted by atomic mass is 9.71. The molecule has 0 saturated heterocycles. The molecular formula is C26H43NO3Si. The molecule has 2 aliphatic rings. The van der Waals surface area contributed by atoms with Gasteiger partial charge in [0.05, 0.1) is 25.9 Å². The van der Waals surface area contributed by atoms with Crippen molar-refractivity contribution >= 4 is 13.9 Å². The summed E-state index contributed by atoms with van der Waals surface area (Å²) in [5, 5.41) is 10.6. The number of pyridine rings is 1. The third-order valence-electron chi connectivity index (χ3n) is 7.39. The van der Waals surface area contributed by atoms with Crippen LogP contribution in [0.4, 0.5) is 0 Å². The van der Waals surface area contributed by atoms with Gasteiger partial charge in [-0.3, -0.25) is 4.98 Å². The predicted octanol–water partition coefficient (Wildman–Crippen LogP) is 6.54. The Labute approximate surface area is 190 Å². The first-order chi connectivity index (χ1) is 14.3. The molecule has 0 bridgehead atoms. The van der Waals surface area contributed by atoms with Crippen LogP contribution in [-0.4, -0.2) is 31.6 Å². The molecule has 4 nitrogen and oxygen atoms in total. The average Bonchev–Trinajstić information content (AvgIpc) is 2.65. The number of ether oxygens (including phenoxy) is 1. The van der Waals surface area contributed by atoms with Crippen molar-refractivity contribution in [2.45, 2.75) is 104 Å². The van der Waals surface area contributed by atoms with Gasteiger partial charge < -0.3 is 14.3 Å². The summed E-state index contributed by atoms with van der Waals surface area (Å²) >= 11 is 0. The van der Waals surface area contributed by atoms with E-state index in [1.165, 1.54) is 22.4 Å². The number of hydrogen-bond donors (Lipinski definition) is 1. The molecule has 1 aromatic rings. The van der Waals surface area contributed by atoms with Crippen LogP contribution in [0.3, 0.4) is 0 Å². The van der Waals surface area contributed by atoms with Crippen LogP contribution >= 0.6 is 0 Å². The van der Waals surface area contributed by atoms with Gasteiger partial charge in [0.15, 0.2) is 8.32 Å². The monoisotopic (exact) mass is 445 g/mol. The van der Waals surface area contributed by atoms with Crippen molar-refractivity contribution in [3.63, 3.8) is 0 Å². The summed E-state index contributed by atoms with van der Waals surface area (Å²) in [5.74, 6) is 0.261. The van der Waals surface area contributed by atoms with Gasteiger partial charge in [-0.25, -0.2) is 0 Å². The van der Waals surface area contributed by atoms with E-state index in [4.69, 9.17) is 14.1 Å². The SMILES string of the molecule is CC(C)c1nc2c(c(C3=CCOCC3)c1CO)[C@@H](O[Si](C)(C)C(C)(C)C)CC(C)(C)C2. The number of nitrogens with zero attached hydrogens (tertiary/aromatic N) is 1. The second-order valence-corrected chi connectivity index (χ2v) is 16.7. The molecular weight excluding hydrogens is 402 g/mol. The normalized spacial score (nSPS) is 21.8. The number of aromatic nitrogens is 1. The lowest BCUT2D eigenvalue weighted by molar-refractivity contribution is 0.105. The molecule has 0 spiro atoms. The van der Waals surface area contributed by atoms with Crippen LogP contribution in [0.1, 0.15) is 101 Å². The number of hydrogen-bond acceptors (Lipinski definition) is 4. The van der Waals surface area contributed by atoms with Crippen molar-refractivity contribution in [1.29, 1.82) is 0 Å². The van der Waals surface area contributed by atoms with Crippen molar-refractivity contribution in [2.24, 2.45) is 5.41 Å². The van der Waals surface area contributed by atoms with Gasteiger partial charge in [-0.2, -0.15) is 0 Å². The summed E-state index contributed by atoms with van der Waals surface area (Å²) in [5.41, 5.74) is 7.06. The molecule has 1 aliphatic carbocycles. The fraction of sp³-hybridized carbons (Fsp3) is 0.731. The minimum Gasteiger partial charge on any atom is -0.410 e. The molecule has 0 radical (unpaired) electrons. The minimum absolute atomic E-state index is 0.0114. The molecule has 0 fully saturated rings. The van der Waals surface area contributed by atoms with Gasteiger partial charge in [0, 0.05) is 22.5 Å². The van der Waals surface area contributed by atoms with E-state index in [1.54, 1.807) is 0 Å². The fourth-order valence-corrected chi connectivity index (χ4v) is 5.98. The van der Waals surface area contributed by atoms with Crippen LogP contribution in [0, 0.1) is 5.41 Å². The van der Waals surface area contributed by atoms with Gasteiger partial charge in [0.1, 0.15) is 0 Å². The maximum Gasteiger partial charge on any atom is 0.192 e. The zero-order chi connectivity index (χ0) is 23.2. The Morgan fingerprint density at radius 3 is 2.48 bits per heavy atom. The van der Waals surface area contributed by atoms with Crippen LogP contribution in [0.15, 0.2) is 6.08 Å². The molecule has 3 rings (SSSR count). The largest absolute Gasteiger partial charge is 0.410 e. The quantitative estimate of drug-likeness (QED) is 0.523. The Kier molecular flexibility index (Phi) is 6.94. The van der Waals surface area contributed by atoms with E-state index in [1.807, 2.05) is 0 Å². The molecule has 1 N–H and O–H groups in total. The molecule has 0 aromatic carbocycles. The topological polar surface area (TPSA) is 51.6 Å². The van der Waals surface area contributed by atoms with E-state index in [2.05, 4.69) is 67.6 Å². The van der Waals surface area contributed by atoms with E-state index in [9.17, 15) is 5.11 Å². The highest BCUT2D eigenvalue weighted by Gasteiger charge is 2.44. The Hall–Kier alpha value is -1.01. The highest BCUT2D eigenvalue weighted by atomic mass is 28.4. The molecule has 5 heteroatoms. The van der Waals surface area contributed by atoms with E-state index in [0.29, 0.717) is 6.61 Å². The van der Waals surface area contributed by atoms with Crippen molar-refractivity contribution < 1.29 is 14.3 Å². The number of aliphatic hydroxyl groups excluding tert-OH is 1. The maximum absolute atomic E-state index is 10.5. The number of aliphatic hydroxyl groups is 1.